The fraction of sp³-hybridized carbons (Fsp3) is 0.286. The smallest absolute Gasteiger partial charge is 0.261 e. The molecule has 0 spiro atoms. The molecule has 1 aliphatic rings. The van der Waals surface area contributed by atoms with E-state index < -0.39 is 21.8 Å². The first-order valence-corrected chi connectivity index (χ1v) is 11.6. The Balaban J connectivity index is 1.58. The number of carbonyl (C=O) groups excluding carboxylic acids is 3. The van der Waals surface area contributed by atoms with Crippen molar-refractivity contribution in [2.75, 3.05) is 19.6 Å². The molecule has 10 heteroatoms. The lowest BCUT2D eigenvalue weighted by Crippen LogP contribution is -2.34. The minimum Gasteiger partial charge on any atom is -0.351 e. The largest absolute Gasteiger partial charge is 0.351 e. The Kier molecular flexibility index (Phi) is 7.09. The number of amides is 3. The third kappa shape index (κ3) is 5.12. The fourth-order valence-corrected chi connectivity index (χ4v) is 4.46. The van der Waals surface area contributed by atoms with Crippen molar-refractivity contribution in [3.63, 3.8) is 0 Å². The van der Waals surface area contributed by atoms with Gasteiger partial charge in [-0.1, -0.05) is 31.0 Å². The van der Waals surface area contributed by atoms with E-state index in [1.165, 1.54) is 41.3 Å². The van der Waals surface area contributed by atoms with Crippen LogP contribution in [-0.2, 0) is 10.0 Å². The summed E-state index contributed by atoms with van der Waals surface area (Å²) in [4.78, 5) is 38.5. The SMILES string of the molecule is CCCCN1C(=O)c2ccc(C(=O)NCCNS(=O)(=O)c3cccc(Cl)c3)cc2C1=O. The van der Waals surface area contributed by atoms with E-state index >= 15 is 0 Å². The van der Waals surface area contributed by atoms with E-state index in [4.69, 9.17) is 11.6 Å². The molecular weight excluding hydrogens is 442 g/mol. The molecule has 0 radical (unpaired) electrons. The molecule has 0 saturated carbocycles. The standard InChI is InChI=1S/C21H22ClN3O5S/c1-2-3-11-25-20(27)17-8-7-14(12-18(17)21(25)28)19(26)23-9-10-24-31(29,30)16-6-4-5-15(22)13-16/h4-8,12-13,24H,2-3,9-11H2,1H3,(H,23,26). The highest BCUT2D eigenvalue weighted by Crippen LogP contribution is 2.24. The van der Waals surface area contributed by atoms with Crippen LogP contribution >= 0.6 is 11.6 Å². The number of rotatable bonds is 9. The van der Waals surface area contributed by atoms with Crippen molar-refractivity contribution in [2.24, 2.45) is 0 Å². The summed E-state index contributed by atoms with van der Waals surface area (Å²) in [6.45, 7) is 2.31. The zero-order valence-corrected chi connectivity index (χ0v) is 18.4. The molecule has 0 atom stereocenters. The number of nitrogens with zero attached hydrogens (tertiary/aromatic N) is 1. The zero-order chi connectivity index (χ0) is 22.6. The number of benzene rings is 2. The molecule has 0 aliphatic carbocycles. The average Bonchev–Trinajstić information content (AvgIpc) is 2.99. The molecule has 8 nitrogen and oxygen atoms in total. The normalized spacial score (nSPS) is 13.4. The third-order valence-electron chi connectivity index (χ3n) is 4.78. The molecule has 31 heavy (non-hydrogen) atoms. The molecule has 3 amide bonds. The number of unbranched alkanes of at least 4 members (excludes halogenated alkanes) is 1. The van der Waals surface area contributed by atoms with Crippen molar-refractivity contribution in [3.8, 4) is 0 Å². The topological polar surface area (TPSA) is 113 Å². The van der Waals surface area contributed by atoms with Crippen LogP contribution in [0, 0.1) is 0 Å². The molecule has 1 heterocycles. The summed E-state index contributed by atoms with van der Waals surface area (Å²) in [6.07, 6.45) is 1.56. The van der Waals surface area contributed by atoms with Crippen LogP contribution in [0.1, 0.15) is 50.8 Å². The Bertz CT molecular complexity index is 1130. The molecule has 2 N–H and O–H groups in total. The summed E-state index contributed by atoms with van der Waals surface area (Å²) in [6, 6.07) is 10.2. The van der Waals surface area contributed by atoms with Crippen molar-refractivity contribution in [3.05, 3.63) is 64.2 Å². The molecule has 0 bridgehead atoms. The van der Waals surface area contributed by atoms with Gasteiger partial charge in [0.1, 0.15) is 0 Å². The van der Waals surface area contributed by atoms with Crippen molar-refractivity contribution in [2.45, 2.75) is 24.7 Å². The molecule has 0 unspecified atom stereocenters. The summed E-state index contributed by atoms with van der Waals surface area (Å²) in [5.41, 5.74) is 0.706. The first kappa shape index (κ1) is 22.9. The highest BCUT2D eigenvalue weighted by atomic mass is 35.5. The van der Waals surface area contributed by atoms with Crippen LogP contribution in [0.5, 0.6) is 0 Å². The molecule has 2 aromatic carbocycles. The van der Waals surface area contributed by atoms with Gasteiger partial charge in [0, 0.05) is 30.2 Å². The Labute approximate surface area is 185 Å². The van der Waals surface area contributed by atoms with Crippen molar-refractivity contribution >= 4 is 39.3 Å². The van der Waals surface area contributed by atoms with Crippen LogP contribution in [0.25, 0.3) is 0 Å². The number of fused-ring (bicyclic) bond motifs is 1. The highest BCUT2D eigenvalue weighted by Gasteiger charge is 2.35. The monoisotopic (exact) mass is 463 g/mol. The van der Waals surface area contributed by atoms with Crippen molar-refractivity contribution in [1.29, 1.82) is 0 Å². The number of hydrogen-bond donors (Lipinski definition) is 2. The van der Waals surface area contributed by atoms with Crippen molar-refractivity contribution in [1.82, 2.24) is 14.9 Å². The first-order valence-electron chi connectivity index (χ1n) is 9.78. The van der Waals surface area contributed by atoms with E-state index in [1.54, 1.807) is 6.07 Å². The van der Waals surface area contributed by atoms with E-state index in [2.05, 4.69) is 10.0 Å². The Morgan fingerprint density at radius 2 is 1.77 bits per heavy atom. The molecule has 2 aromatic rings. The number of imide groups is 1. The maximum Gasteiger partial charge on any atom is 0.261 e. The molecule has 0 aromatic heterocycles. The van der Waals surface area contributed by atoms with Crippen LogP contribution < -0.4 is 10.0 Å². The summed E-state index contributed by atoms with van der Waals surface area (Å²) in [7, 11) is -3.75. The molecule has 3 rings (SSSR count). The lowest BCUT2D eigenvalue weighted by molar-refractivity contribution is 0.0652. The van der Waals surface area contributed by atoms with E-state index in [9.17, 15) is 22.8 Å². The number of nitrogens with one attached hydrogen (secondary N) is 2. The van der Waals surface area contributed by atoms with Gasteiger partial charge in [-0.3, -0.25) is 19.3 Å². The minimum absolute atomic E-state index is 0.0285. The maximum atomic E-state index is 12.5. The Morgan fingerprint density at radius 3 is 2.48 bits per heavy atom. The van der Waals surface area contributed by atoms with Gasteiger partial charge in [-0.05, 0) is 42.8 Å². The molecule has 1 aliphatic heterocycles. The van der Waals surface area contributed by atoms with Crippen molar-refractivity contribution < 1.29 is 22.8 Å². The van der Waals surface area contributed by atoms with Crippen LogP contribution in [-0.4, -0.2) is 50.7 Å². The van der Waals surface area contributed by atoms with Crippen LogP contribution in [0.3, 0.4) is 0 Å². The predicted molar refractivity (Wildman–Crippen MR) is 116 cm³/mol. The maximum absolute atomic E-state index is 12.5. The van der Waals surface area contributed by atoms with Crippen LogP contribution in [0.4, 0.5) is 0 Å². The van der Waals surface area contributed by atoms with Gasteiger partial charge in [0.2, 0.25) is 10.0 Å². The Morgan fingerprint density at radius 1 is 1.03 bits per heavy atom. The molecule has 0 saturated heterocycles. The van der Waals surface area contributed by atoms with E-state index in [0.717, 1.165) is 6.42 Å². The lowest BCUT2D eigenvalue weighted by Gasteiger charge is -2.12. The van der Waals surface area contributed by atoms with Gasteiger partial charge in [-0.25, -0.2) is 13.1 Å². The lowest BCUT2D eigenvalue weighted by atomic mass is 10.1. The second-order valence-electron chi connectivity index (χ2n) is 6.99. The first-order chi connectivity index (χ1) is 14.7. The number of hydrogen-bond acceptors (Lipinski definition) is 5. The summed E-state index contributed by atoms with van der Waals surface area (Å²) in [5, 5.41) is 2.90. The Hall–Kier alpha value is -2.75. The summed E-state index contributed by atoms with van der Waals surface area (Å²) < 4.78 is 26.9. The summed E-state index contributed by atoms with van der Waals surface area (Å²) in [5.74, 6) is -1.23. The second kappa shape index (κ2) is 9.59. The fourth-order valence-electron chi connectivity index (χ4n) is 3.13. The number of carbonyl (C=O) groups is 3. The van der Waals surface area contributed by atoms with Crippen LogP contribution in [0.2, 0.25) is 5.02 Å². The highest BCUT2D eigenvalue weighted by molar-refractivity contribution is 7.89. The summed E-state index contributed by atoms with van der Waals surface area (Å²) >= 11 is 5.82. The van der Waals surface area contributed by atoms with Crippen LogP contribution in [0.15, 0.2) is 47.4 Å². The van der Waals surface area contributed by atoms with Gasteiger partial charge in [0.15, 0.2) is 0 Å². The minimum atomic E-state index is -3.75. The third-order valence-corrected chi connectivity index (χ3v) is 6.47. The zero-order valence-electron chi connectivity index (χ0n) is 16.9. The van der Waals surface area contributed by atoms with Gasteiger partial charge >= 0.3 is 0 Å². The number of sulfonamides is 1. The average molecular weight is 464 g/mol. The van der Waals surface area contributed by atoms with E-state index in [-0.39, 0.29) is 40.6 Å². The van der Waals surface area contributed by atoms with Gasteiger partial charge in [0.25, 0.3) is 17.7 Å². The molecule has 164 valence electrons. The predicted octanol–water partition coefficient (Wildman–Crippen LogP) is 2.44. The number of halogens is 1. The van der Waals surface area contributed by atoms with E-state index in [0.29, 0.717) is 18.0 Å². The van der Waals surface area contributed by atoms with E-state index in [1.807, 2.05) is 6.92 Å². The van der Waals surface area contributed by atoms with Gasteiger partial charge < -0.3 is 5.32 Å². The van der Waals surface area contributed by atoms with Gasteiger partial charge in [0.05, 0.1) is 16.0 Å². The second-order valence-corrected chi connectivity index (χ2v) is 9.19. The quantitative estimate of drug-likeness (QED) is 0.438. The van der Waals surface area contributed by atoms with Gasteiger partial charge in [-0.15, -0.1) is 0 Å². The molecular formula is C21H22ClN3O5S. The van der Waals surface area contributed by atoms with Gasteiger partial charge in [-0.2, -0.15) is 0 Å². The molecule has 0 fully saturated rings.